The summed E-state index contributed by atoms with van der Waals surface area (Å²) in [6, 6.07) is 7.67. The van der Waals surface area contributed by atoms with Gasteiger partial charge in [0.25, 0.3) is 0 Å². The summed E-state index contributed by atoms with van der Waals surface area (Å²) in [6.07, 6.45) is -6.88. The molecular weight excluding hydrogens is 263 g/mol. The number of benzene rings is 1. The van der Waals surface area contributed by atoms with Crippen LogP contribution in [0.25, 0.3) is 0 Å². The van der Waals surface area contributed by atoms with E-state index in [1.165, 1.54) is 12.1 Å². The standard InChI is InChI=1S/C12H10F3NO3/c1-16-10(18)19-9(17)11(16,12(13,14)15)7-8-5-3-2-4-6-8/h2-6H,7H2,1H3. The van der Waals surface area contributed by atoms with E-state index in [4.69, 9.17) is 0 Å². The first-order chi connectivity index (χ1) is 8.79. The molecule has 0 saturated carbocycles. The molecule has 1 saturated heterocycles. The molecule has 0 aromatic heterocycles. The Hall–Kier alpha value is -2.05. The van der Waals surface area contributed by atoms with Crippen molar-refractivity contribution in [2.24, 2.45) is 0 Å². The number of esters is 1. The second-order valence-corrected chi connectivity index (χ2v) is 4.23. The van der Waals surface area contributed by atoms with Crippen molar-refractivity contribution in [2.45, 2.75) is 18.1 Å². The van der Waals surface area contributed by atoms with Crippen molar-refractivity contribution in [2.75, 3.05) is 7.05 Å². The molecule has 4 nitrogen and oxygen atoms in total. The Morgan fingerprint density at radius 2 is 1.79 bits per heavy atom. The monoisotopic (exact) mass is 273 g/mol. The molecule has 1 aromatic rings. The van der Waals surface area contributed by atoms with E-state index < -0.39 is 30.2 Å². The number of hydrogen-bond acceptors (Lipinski definition) is 3. The van der Waals surface area contributed by atoms with Crippen molar-refractivity contribution in [3.05, 3.63) is 35.9 Å². The Morgan fingerprint density at radius 3 is 2.21 bits per heavy atom. The molecule has 2 rings (SSSR count). The average molecular weight is 273 g/mol. The quantitative estimate of drug-likeness (QED) is 0.612. The van der Waals surface area contributed by atoms with Gasteiger partial charge in [0.1, 0.15) is 0 Å². The maximum absolute atomic E-state index is 13.3. The van der Waals surface area contributed by atoms with Crippen LogP contribution in [0.2, 0.25) is 0 Å². The number of amides is 1. The van der Waals surface area contributed by atoms with Crippen LogP contribution < -0.4 is 0 Å². The van der Waals surface area contributed by atoms with Crippen molar-refractivity contribution in [3.63, 3.8) is 0 Å². The van der Waals surface area contributed by atoms with E-state index in [1.54, 1.807) is 18.2 Å². The average Bonchev–Trinajstić information content (AvgIpc) is 2.54. The number of carbonyl (C=O) groups is 2. The van der Waals surface area contributed by atoms with Crippen LogP contribution >= 0.6 is 0 Å². The van der Waals surface area contributed by atoms with Crippen molar-refractivity contribution >= 4 is 12.1 Å². The van der Waals surface area contributed by atoms with Gasteiger partial charge in [0.15, 0.2) is 0 Å². The molecule has 19 heavy (non-hydrogen) atoms. The van der Waals surface area contributed by atoms with E-state index in [2.05, 4.69) is 4.74 Å². The SMILES string of the molecule is CN1C(=O)OC(=O)C1(Cc1ccccc1)C(F)(F)F. The van der Waals surface area contributed by atoms with Gasteiger partial charge in [-0.15, -0.1) is 0 Å². The highest BCUT2D eigenvalue weighted by molar-refractivity contribution is 5.99. The van der Waals surface area contributed by atoms with Gasteiger partial charge in [-0.1, -0.05) is 30.3 Å². The van der Waals surface area contributed by atoms with Crippen molar-refractivity contribution < 1.29 is 27.5 Å². The highest BCUT2D eigenvalue weighted by atomic mass is 19.4. The van der Waals surface area contributed by atoms with Crippen LogP contribution in [-0.2, 0) is 16.0 Å². The van der Waals surface area contributed by atoms with Gasteiger partial charge in [-0.3, -0.25) is 4.90 Å². The molecule has 102 valence electrons. The Bertz CT molecular complexity index is 515. The zero-order valence-corrected chi connectivity index (χ0v) is 9.90. The van der Waals surface area contributed by atoms with Gasteiger partial charge in [-0.25, -0.2) is 9.59 Å². The van der Waals surface area contributed by atoms with Crippen LogP contribution in [0.4, 0.5) is 18.0 Å². The van der Waals surface area contributed by atoms with E-state index in [0.29, 0.717) is 10.5 Å². The molecule has 1 unspecified atom stereocenters. The van der Waals surface area contributed by atoms with E-state index in [0.717, 1.165) is 7.05 Å². The predicted molar refractivity (Wildman–Crippen MR) is 58.2 cm³/mol. The molecule has 1 amide bonds. The van der Waals surface area contributed by atoms with E-state index in [1.807, 2.05) is 0 Å². The number of nitrogens with zero attached hydrogens (tertiary/aromatic N) is 1. The van der Waals surface area contributed by atoms with Crippen molar-refractivity contribution in [3.8, 4) is 0 Å². The molecule has 1 fully saturated rings. The lowest BCUT2D eigenvalue weighted by atomic mass is 9.89. The minimum atomic E-state index is -4.92. The smallest absolute Gasteiger partial charge is 0.374 e. The van der Waals surface area contributed by atoms with Gasteiger partial charge >= 0.3 is 18.2 Å². The summed E-state index contributed by atoms with van der Waals surface area (Å²) in [5.74, 6) is -1.59. The van der Waals surface area contributed by atoms with E-state index in [9.17, 15) is 22.8 Å². The molecule has 1 aliphatic heterocycles. The number of hydrogen-bond donors (Lipinski definition) is 0. The third kappa shape index (κ3) is 1.94. The molecule has 0 N–H and O–H groups in total. The highest BCUT2D eigenvalue weighted by Gasteiger charge is 2.69. The van der Waals surface area contributed by atoms with Crippen molar-refractivity contribution in [1.29, 1.82) is 0 Å². The van der Waals surface area contributed by atoms with Crippen LogP contribution in [0.5, 0.6) is 0 Å². The molecule has 1 atom stereocenters. The fourth-order valence-electron chi connectivity index (χ4n) is 2.01. The Balaban J connectivity index is 2.48. The molecule has 7 heteroatoms. The van der Waals surface area contributed by atoms with Crippen LogP contribution in [0.3, 0.4) is 0 Å². The maximum Gasteiger partial charge on any atom is 0.423 e. The first-order valence-electron chi connectivity index (χ1n) is 5.40. The minimum absolute atomic E-state index is 0.290. The number of alkyl halides is 3. The number of carbonyl (C=O) groups excluding carboxylic acids is 2. The summed E-state index contributed by atoms with van der Waals surface area (Å²) in [6.45, 7) is 0. The molecule has 0 bridgehead atoms. The van der Waals surface area contributed by atoms with Gasteiger partial charge in [0.05, 0.1) is 0 Å². The normalized spacial score (nSPS) is 23.7. The first-order valence-corrected chi connectivity index (χ1v) is 5.40. The Labute approximate surface area is 106 Å². The largest absolute Gasteiger partial charge is 0.423 e. The van der Waals surface area contributed by atoms with E-state index >= 15 is 0 Å². The van der Waals surface area contributed by atoms with Gasteiger partial charge in [0, 0.05) is 13.5 Å². The highest BCUT2D eigenvalue weighted by Crippen LogP contribution is 2.42. The molecule has 0 radical (unpaired) electrons. The lowest BCUT2D eigenvalue weighted by Crippen LogP contribution is -2.60. The van der Waals surface area contributed by atoms with Gasteiger partial charge < -0.3 is 4.74 Å². The zero-order chi connectivity index (χ0) is 14.3. The predicted octanol–water partition coefficient (Wildman–Crippen LogP) is 2.14. The second-order valence-electron chi connectivity index (χ2n) is 4.23. The zero-order valence-electron chi connectivity index (χ0n) is 9.90. The molecule has 1 aliphatic rings. The fourth-order valence-corrected chi connectivity index (χ4v) is 2.01. The first kappa shape index (κ1) is 13.4. The number of likely N-dealkylation sites (N-methyl/N-ethyl adjacent to an activating group) is 1. The minimum Gasteiger partial charge on any atom is -0.374 e. The third-order valence-electron chi connectivity index (χ3n) is 3.14. The Kier molecular flexibility index (Phi) is 3.00. The number of rotatable bonds is 2. The second kappa shape index (κ2) is 4.25. The Morgan fingerprint density at radius 1 is 1.21 bits per heavy atom. The summed E-state index contributed by atoms with van der Waals surface area (Å²) < 4.78 is 44.0. The van der Waals surface area contributed by atoms with Gasteiger partial charge in [-0.2, -0.15) is 13.2 Å². The van der Waals surface area contributed by atoms with Crippen LogP contribution in [-0.4, -0.2) is 35.7 Å². The molecule has 1 aromatic carbocycles. The molecular formula is C12H10F3NO3. The molecule has 0 spiro atoms. The summed E-state index contributed by atoms with van der Waals surface area (Å²) >= 11 is 0. The van der Waals surface area contributed by atoms with Gasteiger partial charge in [0.2, 0.25) is 5.54 Å². The number of halogens is 3. The lowest BCUT2D eigenvalue weighted by molar-refractivity contribution is -0.215. The summed E-state index contributed by atoms with van der Waals surface area (Å²) in [5, 5.41) is 0. The van der Waals surface area contributed by atoms with Crippen LogP contribution in [0.1, 0.15) is 5.56 Å². The molecule has 1 heterocycles. The third-order valence-corrected chi connectivity index (χ3v) is 3.14. The number of cyclic esters (lactones) is 2. The lowest BCUT2D eigenvalue weighted by Gasteiger charge is -2.32. The summed E-state index contributed by atoms with van der Waals surface area (Å²) in [7, 11) is 0.906. The van der Waals surface area contributed by atoms with E-state index in [-0.39, 0.29) is 0 Å². The van der Waals surface area contributed by atoms with Gasteiger partial charge in [-0.05, 0) is 5.56 Å². The summed E-state index contributed by atoms with van der Waals surface area (Å²) in [4.78, 5) is 23.1. The van der Waals surface area contributed by atoms with Crippen LogP contribution in [0.15, 0.2) is 30.3 Å². The molecule has 0 aliphatic carbocycles. The van der Waals surface area contributed by atoms with Crippen LogP contribution in [0, 0.1) is 0 Å². The number of ether oxygens (including phenoxy) is 1. The summed E-state index contributed by atoms with van der Waals surface area (Å²) in [5.41, 5.74) is -2.66. The van der Waals surface area contributed by atoms with Crippen molar-refractivity contribution in [1.82, 2.24) is 4.90 Å². The maximum atomic E-state index is 13.3. The topological polar surface area (TPSA) is 46.6 Å². The fraction of sp³-hybridized carbons (Fsp3) is 0.333.